The van der Waals surface area contributed by atoms with E-state index in [1.165, 1.54) is 0 Å². The molecular formula is C22H30N2O3. The van der Waals surface area contributed by atoms with Gasteiger partial charge < -0.3 is 19.8 Å². The van der Waals surface area contributed by atoms with Gasteiger partial charge in [0.1, 0.15) is 12.4 Å². The lowest BCUT2D eigenvalue weighted by molar-refractivity contribution is 0.0641. The molecule has 0 amide bonds. The van der Waals surface area contributed by atoms with Gasteiger partial charge in [-0.2, -0.15) is 0 Å². The molecule has 3 rings (SSSR count). The summed E-state index contributed by atoms with van der Waals surface area (Å²) in [6, 6.07) is 17.9. The number of nitrogens with zero attached hydrogens (tertiary/aromatic N) is 2. The molecule has 1 fully saturated rings. The van der Waals surface area contributed by atoms with Gasteiger partial charge >= 0.3 is 0 Å². The van der Waals surface area contributed by atoms with E-state index in [0.717, 1.165) is 30.0 Å². The molecule has 0 saturated carbocycles. The molecule has 1 aliphatic heterocycles. The minimum atomic E-state index is -0.572. The second-order valence-electron chi connectivity index (χ2n) is 7.49. The SMILES string of the molecule is CN(C)CCOc1cccc(CN2C[C@H](c3ccccc3)[C@@H](O)[C@H]2CO)c1. The Morgan fingerprint density at radius 3 is 2.59 bits per heavy atom. The van der Waals surface area contributed by atoms with Gasteiger partial charge in [0.2, 0.25) is 0 Å². The number of likely N-dealkylation sites (tertiary alicyclic amines) is 1. The van der Waals surface area contributed by atoms with Crippen LogP contribution in [0.4, 0.5) is 0 Å². The Bertz CT molecular complexity index is 708. The molecule has 3 atom stereocenters. The van der Waals surface area contributed by atoms with Crippen molar-refractivity contribution in [1.82, 2.24) is 9.80 Å². The monoisotopic (exact) mass is 370 g/mol. The maximum Gasteiger partial charge on any atom is 0.119 e. The van der Waals surface area contributed by atoms with Crippen LogP contribution in [-0.4, -0.2) is 72.6 Å². The third-order valence-corrected chi connectivity index (χ3v) is 5.21. The first-order valence-corrected chi connectivity index (χ1v) is 9.53. The summed E-state index contributed by atoms with van der Waals surface area (Å²) in [5, 5.41) is 20.6. The zero-order valence-corrected chi connectivity index (χ0v) is 16.2. The lowest BCUT2D eigenvalue weighted by atomic mass is 9.94. The Kier molecular flexibility index (Phi) is 6.85. The maximum absolute atomic E-state index is 10.7. The summed E-state index contributed by atoms with van der Waals surface area (Å²) in [5.74, 6) is 0.872. The summed E-state index contributed by atoms with van der Waals surface area (Å²) in [5.41, 5.74) is 2.24. The summed E-state index contributed by atoms with van der Waals surface area (Å²) in [6.07, 6.45) is -0.572. The van der Waals surface area contributed by atoms with Gasteiger partial charge in [0.15, 0.2) is 0 Å². The van der Waals surface area contributed by atoms with E-state index in [4.69, 9.17) is 4.74 Å². The summed E-state index contributed by atoms with van der Waals surface area (Å²) in [6.45, 7) is 2.87. The van der Waals surface area contributed by atoms with Crippen LogP contribution in [0.2, 0.25) is 0 Å². The molecule has 1 heterocycles. The van der Waals surface area contributed by atoms with E-state index in [-0.39, 0.29) is 18.6 Å². The van der Waals surface area contributed by atoms with Crippen molar-refractivity contribution in [1.29, 1.82) is 0 Å². The van der Waals surface area contributed by atoms with E-state index in [1.807, 2.05) is 62.6 Å². The van der Waals surface area contributed by atoms with Crippen molar-refractivity contribution in [3.8, 4) is 5.75 Å². The molecular weight excluding hydrogens is 340 g/mol. The third kappa shape index (κ3) is 5.08. The van der Waals surface area contributed by atoms with Crippen molar-refractivity contribution in [2.24, 2.45) is 0 Å². The normalized spacial score (nSPS) is 23.1. The standard InChI is InChI=1S/C22H30N2O3/c1-23(2)11-12-27-19-10-6-7-17(13-19)14-24-15-20(22(26)21(24)16-25)18-8-4-3-5-9-18/h3-10,13,20-22,25-26H,11-12,14-16H2,1-2H3/t20-,21-,22-/m1/s1. The van der Waals surface area contributed by atoms with Crippen LogP contribution in [0, 0.1) is 0 Å². The van der Waals surface area contributed by atoms with Crippen molar-refractivity contribution in [2.45, 2.75) is 24.6 Å². The molecule has 2 aromatic rings. The number of rotatable bonds is 8. The topological polar surface area (TPSA) is 56.2 Å². The van der Waals surface area contributed by atoms with E-state index in [1.54, 1.807) is 0 Å². The van der Waals surface area contributed by atoms with E-state index in [0.29, 0.717) is 13.2 Å². The zero-order valence-electron chi connectivity index (χ0n) is 16.2. The maximum atomic E-state index is 10.7. The second kappa shape index (κ2) is 9.33. The van der Waals surface area contributed by atoms with Crippen LogP contribution in [0.15, 0.2) is 54.6 Å². The lowest BCUT2D eigenvalue weighted by Gasteiger charge is -2.24. The van der Waals surface area contributed by atoms with Gasteiger partial charge in [-0.1, -0.05) is 42.5 Å². The van der Waals surface area contributed by atoms with Crippen LogP contribution in [0.5, 0.6) is 5.75 Å². The van der Waals surface area contributed by atoms with Crippen LogP contribution in [0.25, 0.3) is 0 Å². The Labute approximate surface area is 161 Å². The highest BCUT2D eigenvalue weighted by Gasteiger charge is 2.40. The molecule has 5 heteroatoms. The second-order valence-corrected chi connectivity index (χ2v) is 7.49. The minimum absolute atomic E-state index is 0.0166. The van der Waals surface area contributed by atoms with Gasteiger partial charge in [-0.3, -0.25) is 4.90 Å². The highest BCUT2D eigenvalue weighted by atomic mass is 16.5. The highest BCUT2D eigenvalue weighted by Crippen LogP contribution is 2.33. The molecule has 0 aliphatic carbocycles. The number of ether oxygens (including phenoxy) is 1. The first kappa shape index (κ1) is 19.8. The molecule has 0 aromatic heterocycles. The fraction of sp³-hybridized carbons (Fsp3) is 0.455. The van der Waals surface area contributed by atoms with Crippen LogP contribution in [-0.2, 0) is 6.54 Å². The molecule has 27 heavy (non-hydrogen) atoms. The summed E-state index contributed by atoms with van der Waals surface area (Å²) in [4.78, 5) is 4.26. The van der Waals surface area contributed by atoms with E-state index < -0.39 is 6.10 Å². The van der Waals surface area contributed by atoms with Crippen molar-refractivity contribution in [3.63, 3.8) is 0 Å². The fourth-order valence-corrected chi connectivity index (χ4v) is 3.70. The molecule has 0 spiro atoms. The molecule has 2 aromatic carbocycles. The Morgan fingerprint density at radius 2 is 1.89 bits per heavy atom. The van der Waals surface area contributed by atoms with Gasteiger partial charge in [-0.25, -0.2) is 0 Å². The highest BCUT2D eigenvalue weighted by molar-refractivity contribution is 5.29. The average Bonchev–Trinajstić information content (AvgIpc) is 2.97. The molecule has 146 valence electrons. The minimum Gasteiger partial charge on any atom is -0.492 e. The molecule has 0 radical (unpaired) electrons. The molecule has 0 unspecified atom stereocenters. The van der Waals surface area contributed by atoms with E-state index >= 15 is 0 Å². The van der Waals surface area contributed by atoms with Gasteiger partial charge in [0.05, 0.1) is 18.8 Å². The van der Waals surface area contributed by atoms with Crippen LogP contribution >= 0.6 is 0 Å². The Morgan fingerprint density at radius 1 is 1.11 bits per heavy atom. The first-order chi connectivity index (χ1) is 13.1. The fourth-order valence-electron chi connectivity index (χ4n) is 3.70. The summed E-state index contributed by atoms with van der Waals surface area (Å²) >= 11 is 0. The van der Waals surface area contributed by atoms with Crippen LogP contribution < -0.4 is 4.74 Å². The third-order valence-electron chi connectivity index (χ3n) is 5.21. The molecule has 1 saturated heterocycles. The number of hydrogen-bond donors (Lipinski definition) is 2. The van der Waals surface area contributed by atoms with E-state index in [2.05, 4.69) is 15.9 Å². The number of aliphatic hydroxyl groups is 2. The average molecular weight is 370 g/mol. The smallest absolute Gasteiger partial charge is 0.119 e. The zero-order chi connectivity index (χ0) is 19.2. The van der Waals surface area contributed by atoms with E-state index in [9.17, 15) is 10.2 Å². The molecule has 0 bridgehead atoms. The summed E-state index contributed by atoms with van der Waals surface area (Å²) < 4.78 is 5.83. The Balaban J connectivity index is 1.67. The van der Waals surface area contributed by atoms with Crippen molar-refractivity contribution < 1.29 is 14.9 Å². The molecule has 1 aliphatic rings. The number of benzene rings is 2. The molecule has 5 nitrogen and oxygen atoms in total. The van der Waals surface area contributed by atoms with Gasteiger partial charge in [-0.05, 0) is 37.4 Å². The van der Waals surface area contributed by atoms with Crippen molar-refractivity contribution in [3.05, 3.63) is 65.7 Å². The number of aliphatic hydroxyl groups excluding tert-OH is 2. The van der Waals surface area contributed by atoms with Gasteiger partial charge in [0, 0.05) is 25.6 Å². The largest absolute Gasteiger partial charge is 0.492 e. The number of hydrogen-bond acceptors (Lipinski definition) is 5. The van der Waals surface area contributed by atoms with Crippen molar-refractivity contribution >= 4 is 0 Å². The first-order valence-electron chi connectivity index (χ1n) is 9.53. The summed E-state index contributed by atoms with van der Waals surface area (Å²) in [7, 11) is 4.05. The van der Waals surface area contributed by atoms with Gasteiger partial charge in [0.25, 0.3) is 0 Å². The van der Waals surface area contributed by atoms with Crippen molar-refractivity contribution in [2.75, 3.05) is 40.4 Å². The van der Waals surface area contributed by atoms with Gasteiger partial charge in [-0.15, -0.1) is 0 Å². The molecule has 2 N–H and O–H groups in total. The number of likely N-dealkylation sites (N-methyl/N-ethyl adjacent to an activating group) is 1. The predicted molar refractivity (Wildman–Crippen MR) is 107 cm³/mol. The van der Waals surface area contributed by atoms with Crippen LogP contribution in [0.1, 0.15) is 17.0 Å². The lowest BCUT2D eigenvalue weighted by Crippen LogP contribution is -2.38. The van der Waals surface area contributed by atoms with Crippen LogP contribution in [0.3, 0.4) is 0 Å². The predicted octanol–water partition coefficient (Wildman–Crippen LogP) is 1.95. The quantitative estimate of drug-likeness (QED) is 0.744. The Hall–Kier alpha value is -1.92.